The van der Waals surface area contributed by atoms with Gasteiger partial charge < -0.3 is 29.3 Å². The van der Waals surface area contributed by atoms with Crippen LogP contribution in [-0.2, 0) is 22.6 Å². The van der Waals surface area contributed by atoms with Crippen LogP contribution in [0.3, 0.4) is 0 Å². The van der Waals surface area contributed by atoms with Crippen molar-refractivity contribution in [1.29, 1.82) is 0 Å². The molecule has 0 radical (unpaired) electrons. The Labute approximate surface area is 239 Å². The lowest BCUT2D eigenvalue weighted by Crippen LogP contribution is -2.51. The minimum Gasteiger partial charge on any atom is -0.491 e. The predicted octanol–water partition coefficient (Wildman–Crippen LogP) is 5.97. The lowest BCUT2D eigenvalue weighted by Gasteiger charge is -2.43. The number of nitrogens with zero attached hydrogens (tertiary/aromatic N) is 2. The molecule has 0 aromatic heterocycles. The van der Waals surface area contributed by atoms with E-state index in [1.165, 1.54) is 12.1 Å². The standard InChI is InChI=1S/C32H46FN3O4/c1-24(2)40-29-12-8-25(9-13-29)20-34-30(37)36(21-26-6-10-27(33)11-7-26)28-14-17-35(18-15-28)19-16-32(5)38-22-31(3,4)23-39-32/h6-13,24,28H,14-23H2,1-5H3,(H,34,37). The Bertz CT molecular complexity index is 1070. The number of nitrogens with one attached hydrogen (secondary N) is 1. The number of carbonyl (C=O) groups excluding carboxylic acids is 1. The van der Waals surface area contributed by atoms with Crippen LogP contribution in [0.15, 0.2) is 48.5 Å². The fraction of sp³-hybridized carbons (Fsp3) is 0.594. The Hall–Kier alpha value is -2.68. The van der Waals surface area contributed by atoms with Gasteiger partial charge in [-0.3, -0.25) is 0 Å². The third-order valence-electron chi connectivity index (χ3n) is 7.68. The summed E-state index contributed by atoms with van der Waals surface area (Å²) in [5.41, 5.74) is 1.97. The van der Waals surface area contributed by atoms with E-state index < -0.39 is 5.79 Å². The molecular weight excluding hydrogens is 509 g/mol. The first-order chi connectivity index (χ1) is 19.0. The molecule has 4 rings (SSSR count). The third-order valence-corrected chi connectivity index (χ3v) is 7.68. The first-order valence-corrected chi connectivity index (χ1v) is 14.6. The maximum absolute atomic E-state index is 13.5. The van der Waals surface area contributed by atoms with Crippen molar-refractivity contribution in [2.75, 3.05) is 32.8 Å². The van der Waals surface area contributed by atoms with Gasteiger partial charge in [-0.2, -0.15) is 0 Å². The van der Waals surface area contributed by atoms with E-state index in [1.807, 2.05) is 49.9 Å². The van der Waals surface area contributed by atoms with Gasteiger partial charge in [0.15, 0.2) is 5.79 Å². The maximum Gasteiger partial charge on any atom is 0.318 e. The van der Waals surface area contributed by atoms with E-state index in [4.69, 9.17) is 14.2 Å². The summed E-state index contributed by atoms with van der Waals surface area (Å²) < 4.78 is 31.4. The molecule has 2 saturated heterocycles. The van der Waals surface area contributed by atoms with Crippen molar-refractivity contribution in [2.45, 2.75) is 84.9 Å². The average Bonchev–Trinajstić information content (AvgIpc) is 2.93. The quantitative estimate of drug-likeness (QED) is 0.392. The van der Waals surface area contributed by atoms with Crippen molar-refractivity contribution in [2.24, 2.45) is 5.41 Å². The normalized spacial score (nSPS) is 19.4. The molecular formula is C32H46FN3O4. The molecule has 0 saturated carbocycles. The summed E-state index contributed by atoms with van der Waals surface area (Å²) in [6, 6.07) is 14.2. The van der Waals surface area contributed by atoms with Crippen LogP contribution in [0.2, 0.25) is 0 Å². The highest BCUT2D eigenvalue weighted by Crippen LogP contribution is 2.31. The number of piperidine rings is 1. The second-order valence-corrected chi connectivity index (χ2v) is 12.4. The monoisotopic (exact) mass is 555 g/mol. The van der Waals surface area contributed by atoms with Crippen molar-refractivity contribution in [3.63, 3.8) is 0 Å². The van der Waals surface area contributed by atoms with Gasteiger partial charge in [0.2, 0.25) is 0 Å². The molecule has 1 N–H and O–H groups in total. The first kappa shape index (κ1) is 30.3. The number of rotatable bonds is 10. The van der Waals surface area contributed by atoms with E-state index >= 15 is 0 Å². The summed E-state index contributed by atoms with van der Waals surface area (Å²) in [6.45, 7) is 15.3. The molecule has 0 spiro atoms. The van der Waals surface area contributed by atoms with E-state index in [0.717, 1.165) is 55.8 Å². The number of carbonyl (C=O) groups is 1. The number of benzene rings is 2. The van der Waals surface area contributed by atoms with Gasteiger partial charge in [0.25, 0.3) is 0 Å². The summed E-state index contributed by atoms with van der Waals surface area (Å²) in [5.74, 6) is -0.00431. The highest BCUT2D eigenvalue weighted by Gasteiger charge is 2.37. The van der Waals surface area contributed by atoms with E-state index in [1.54, 1.807) is 12.1 Å². The highest BCUT2D eigenvalue weighted by molar-refractivity contribution is 5.74. The van der Waals surface area contributed by atoms with Gasteiger partial charge in [0.05, 0.1) is 19.3 Å². The Balaban J connectivity index is 1.33. The molecule has 0 aliphatic carbocycles. The first-order valence-electron chi connectivity index (χ1n) is 14.6. The zero-order valence-corrected chi connectivity index (χ0v) is 24.7. The lowest BCUT2D eigenvalue weighted by atomic mass is 9.94. The number of amides is 2. The second-order valence-electron chi connectivity index (χ2n) is 12.4. The molecule has 2 fully saturated rings. The Morgan fingerprint density at radius 3 is 2.23 bits per heavy atom. The number of halogens is 1. The molecule has 40 heavy (non-hydrogen) atoms. The molecule has 220 valence electrons. The van der Waals surface area contributed by atoms with Crippen molar-refractivity contribution < 1.29 is 23.4 Å². The van der Waals surface area contributed by atoms with Crippen LogP contribution < -0.4 is 10.1 Å². The number of hydrogen-bond acceptors (Lipinski definition) is 5. The summed E-state index contributed by atoms with van der Waals surface area (Å²) in [6.07, 6.45) is 2.68. The fourth-order valence-corrected chi connectivity index (χ4v) is 5.13. The van der Waals surface area contributed by atoms with Crippen LogP contribution in [0.25, 0.3) is 0 Å². The molecule has 0 unspecified atom stereocenters. The van der Waals surface area contributed by atoms with Crippen molar-refractivity contribution in [1.82, 2.24) is 15.1 Å². The largest absolute Gasteiger partial charge is 0.491 e. The smallest absolute Gasteiger partial charge is 0.318 e. The minimum atomic E-state index is -0.542. The minimum absolute atomic E-state index is 0.0536. The highest BCUT2D eigenvalue weighted by atomic mass is 19.1. The molecule has 2 heterocycles. The van der Waals surface area contributed by atoms with Gasteiger partial charge >= 0.3 is 6.03 Å². The SMILES string of the molecule is CC(C)Oc1ccc(CNC(=O)N(Cc2ccc(F)cc2)C2CCN(CCC3(C)OCC(C)(C)CO3)CC2)cc1. The van der Waals surface area contributed by atoms with Crippen molar-refractivity contribution in [3.8, 4) is 5.75 Å². The molecule has 7 nitrogen and oxygen atoms in total. The molecule has 2 amide bonds. The number of urea groups is 1. The maximum atomic E-state index is 13.5. The van der Waals surface area contributed by atoms with E-state index in [9.17, 15) is 9.18 Å². The Morgan fingerprint density at radius 2 is 1.62 bits per heavy atom. The molecule has 2 aliphatic rings. The molecule has 2 aromatic carbocycles. The molecule has 8 heteroatoms. The Kier molecular flexibility index (Phi) is 10.1. The summed E-state index contributed by atoms with van der Waals surface area (Å²) in [5, 5.41) is 3.10. The summed E-state index contributed by atoms with van der Waals surface area (Å²) in [4.78, 5) is 17.8. The van der Waals surface area contributed by atoms with Crippen LogP contribution in [0, 0.1) is 11.2 Å². The van der Waals surface area contributed by atoms with E-state index in [-0.39, 0.29) is 29.4 Å². The Morgan fingerprint density at radius 1 is 1.02 bits per heavy atom. The van der Waals surface area contributed by atoms with Gasteiger partial charge in [0.1, 0.15) is 11.6 Å². The number of likely N-dealkylation sites (tertiary alicyclic amines) is 1. The summed E-state index contributed by atoms with van der Waals surface area (Å²) in [7, 11) is 0. The van der Waals surface area contributed by atoms with Crippen LogP contribution >= 0.6 is 0 Å². The van der Waals surface area contributed by atoms with Gasteiger partial charge in [-0.05, 0) is 69.0 Å². The predicted molar refractivity (Wildman–Crippen MR) is 155 cm³/mol. The molecule has 2 aromatic rings. The molecule has 0 bridgehead atoms. The van der Waals surface area contributed by atoms with Gasteiger partial charge in [-0.25, -0.2) is 9.18 Å². The lowest BCUT2D eigenvalue weighted by molar-refractivity contribution is -0.292. The van der Waals surface area contributed by atoms with E-state index in [2.05, 4.69) is 24.1 Å². The zero-order valence-electron chi connectivity index (χ0n) is 24.7. The second kappa shape index (κ2) is 13.3. The van der Waals surface area contributed by atoms with Gasteiger partial charge in [-0.15, -0.1) is 0 Å². The van der Waals surface area contributed by atoms with Gasteiger partial charge in [0, 0.05) is 50.6 Å². The fourth-order valence-electron chi connectivity index (χ4n) is 5.13. The molecule has 2 aliphatic heterocycles. The van der Waals surface area contributed by atoms with E-state index in [0.29, 0.717) is 26.3 Å². The third kappa shape index (κ3) is 8.91. The topological polar surface area (TPSA) is 63.3 Å². The average molecular weight is 556 g/mol. The van der Waals surface area contributed by atoms with Crippen LogP contribution in [-0.4, -0.2) is 66.6 Å². The summed E-state index contributed by atoms with van der Waals surface area (Å²) >= 11 is 0. The van der Waals surface area contributed by atoms with Crippen molar-refractivity contribution >= 4 is 6.03 Å². The number of ether oxygens (including phenoxy) is 3. The molecule has 0 atom stereocenters. The van der Waals surface area contributed by atoms with Gasteiger partial charge in [-0.1, -0.05) is 38.1 Å². The van der Waals surface area contributed by atoms with Crippen LogP contribution in [0.4, 0.5) is 9.18 Å². The van der Waals surface area contributed by atoms with Crippen LogP contribution in [0.5, 0.6) is 5.75 Å². The number of hydrogen-bond donors (Lipinski definition) is 1. The van der Waals surface area contributed by atoms with Crippen molar-refractivity contribution in [3.05, 3.63) is 65.5 Å². The zero-order chi connectivity index (χ0) is 28.8. The van der Waals surface area contributed by atoms with Crippen LogP contribution in [0.1, 0.15) is 65.0 Å².